The molecule has 1 aromatic carbocycles. The van der Waals surface area contributed by atoms with Gasteiger partial charge in [0, 0.05) is 34.8 Å². The molecule has 0 aliphatic rings. The molecule has 2 heterocycles. The summed E-state index contributed by atoms with van der Waals surface area (Å²) < 4.78 is 33.5. The maximum Gasteiger partial charge on any atom is 0.357 e. The lowest BCUT2D eigenvalue weighted by molar-refractivity contribution is 0.294. The first-order chi connectivity index (χ1) is 14.2. The fraction of sp³-hybridized carbons (Fsp3) is 0.300. The van der Waals surface area contributed by atoms with Gasteiger partial charge in [-0.25, -0.2) is 4.98 Å². The van der Waals surface area contributed by atoms with Crippen LogP contribution >= 0.6 is 23.2 Å². The van der Waals surface area contributed by atoms with Gasteiger partial charge in [0.25, 0.3) is 0 Å². The number of aromatic nitrogens is 3. The predicted molar refractivity (Wildman–Crippen MR) is 115 cm³/mol. The number of halogens is 2. The molecule has 3 rings (SSSR count). The normalized spacial score (nSPS) is 11.8. The molecule has 0 amide bonds. The van der Waals surface area contributed by atoms with Gasteiger partial charge >= 0.3 is 10.1 Å². The zero-order chi connectivity index (χ0) is 21.9. The minimum atomic E-state index is -4.30. The highest BCUT2D eigenvalue weighted by atomic mass is 35.5. The molecular weight excluding hydrogens is 449 g/mol. The molecule has 0 spiro atoms. The van der Waals surface area contributed by atoms with E-state index < -0.39 is 10.1 Å². The van der Waals surface area contributed by atoms with Gasteiger partial charge in [-0.2, -0.15) is 8.42 Å². The van der Waals surface area contributed by atoms with Crippen molar-refractivity contribution in [1.82, 2.24) is 14.5 Å². The summed E-state index contributed by atoms with van der Waals surface area (Å²) in [6.45, 7) is 3.65. The van der Waals surface area contributed by atoms with Crippen molar-refractivity contribution in [1.29, 1.82) is 0 Å². The first-order valence-electron chi connectivity index (χ1n) is 9.22. The van der Waals surface area contributed by atoms with Crippen molar-refractivity contribution in [3.8, 4) is 5.75 Å². The highest BCUT2D eigenvalue weighted by Crippen LogP contribution is 2.31. The third kappa shape index (κ3) is 5.13. The van der Waals surface area contributed by atoms with Crippen molar-refractivity contribution in [3.63, 3.8) is 0 Å². The van der Waals surface area contributed by atoms with E-state index in [0.717, 1.165) is 0 Å². The second kappa shape index (κ2) is 9.34. The van der Waals surface area contributed by atoms with Gasteiger partial charge in [-0.3, -0.25) is 4.98 Å². The largest absolute Gasteiger partial charge is 0.396 e. The van der Waals surface area contributed by atoms with Crippen molar-refractivity contribution >= 4 is 33.3 Å². The molecule has 160 valence electrons. The van der Waals surface area contributed by atoms with E-state index in [-0.39, 0.29) is 46.3 Å². The van der Waals surface area contributed by atoms with Crippen molar-refractivity contribution in [2.24, 2.45) is 0 Å². The van der Waals surface area contributed by atoms with Crippen LogP contribution in [0.5, 0.6) is 5.75 Å². The van der Waals surface area contributed by atoms with Crippen LogP contribution in [0.3, 0.4) is 0 Å². The van der Waals surface area contributed by atoms with Crippen molar-refractivity contribution < 1.29 is 17.7 Å². The lowest BCUT2D eigenvalue weighted by Gasteiger charge is -2.14. The molecule has 7 nitrogen and oxygen atoms in total. The van der Waals surface area contributed by atoms with Crippen LogP contribution in [0.1, 0.15) is 37.0 Å². The van der Waals surface area contributed by atoms with Crippen LogP contribution in [0, 0.1) is 0 Å². The zero-order valence-corrected chi connectivity index (χ0v) is 18.7. The third-order valence-corrected chi connectivity index (χ3v) is 5.98. The van der Waals surface area contributed by atoms with Gasteiger partial charge in [-0.1, -0.05) is 43.1 Å². The van der Waals surface area contributed by atoms with Gasteiger partial charge < -0.3 is 13.9 Å². The number of hydrogen-bond donors (Lipinski definition) is 1. The van der Waals surface area contributed by atoms with Gasteiger partial charge in [0.2, 0.25) is 0 Å². The number of aliphatic hydroxyl groups excluding tert-OH is 1. The highest BCUT2D eigenvalue weighted by molar-refractivity contribution is 7.87. The number of imidazole rings is 1. The van der Waals surface area contributed by atoms with Crippen LogP contribution in [-0.4, -0.2) is 34.7 Å². The fourth-order valence-corrected chi connectivity index (χ4v) is 4.90. The van der Waals surface area contributed by atoms with E-state index in [1.807, 2.05) is 19.9 Å². The summed E-state index contributed by atoms with van der Waals surface area (Å²) in [4.78, 5) is 8.78. The minimum absolute atomic E-state index is 0.00324. The monoisotopic (exact) mass is 469 g/mol. The average molecular weight is 470 g/mol. The van der Waals surface area contributed by atoms with E-state index in [1.54, 1.807) is 18.3 Å². The van der Waals surface area contributed by atoms with E-state index in [9.17, 15) is 13.5 Å². The molecule has 0 saturated heterocycles. The molecule has 10 heteroatoms. The number of nitrogens with zero attached hydrogens (tertiary/aromatic N) is 3. The Morgan fingerprint density at radius 1 is 1.17 bits per heavy atom. The number of hydrogen-bond acceptors (Lipinski definition) is 6. The molecule has 30 heavy (non-hydrogen) atoms. The SMILES string of the molecule is CC(C)c1nc(CCO)n(Cc2ccccn2)c1S(=O)(=O)Oc1cc(Cl)cc(Cl)c1. The Morgan fingerprint density at radius 3 is 2.43 bits per heavy atom. The molecule has 0 fully saturated rings. The van der Waals surface area contributed by atoms with Gasteiger partial charge in [0.1, 0.15) is 11.6 Å². The average Bonchev–Trinajstić information content (AvgIpc) is 3.01. The van der Waals surface area contributed by atoms with Crippen molar-refractivity contribution in [3.05, 3.63) is 69.9 Å². The second-order valence-electron chi connectivity index (χ2n) is 6.90. The van der Waals surface area contributed by atoms with E-state index in [1.165, 1.54) is 22.8 Å². The molecule has 0 aliphatic carbocycles. The summed E-state index contributed by atoms with van der Waals surface area (Å²) >= 11 is 12.0. The second-order valence-corrected chi connectivity index (χ2v) is 9.23. The standard InChI is InChI=1S/C20H21Cl2N3O4S/c1-13(2)19-20(30(27,28)29-17-10-14(21)9-15(22)11-17)25(18(24-19)6-8-26)12-16-5-3-4-7-23-16/h3-5,7,9-11,13,26H,6,8,12H2,1-2H3. The van der Waals surface area contributed by atoms with Crippen LogP contribution in [0.15, 0.2) is 47.6 Å². The van der Waals surface area contributed by atoms with Gasteiger partial charge in [-0.15, -0.1) is 0 Å². The summed E-state index contributed by atoms with van der Waals surface area (Å²) in [7, 11) is -4.30. The fourth-order valence-electron chi connectivity index (χ4n) is 2.99. The van der Waals surface area contributed by atoms with Crippen molar-refractivity contribution in [2.75, 3.05) is 6.61 Å². The Bertz CT molecular complexity index is 1110. The van der Waals surface area contributed by atoms with Gasteiger partial charge in [-0.05, 0) is 24.1 Å². The maximum atomic E-state index is 13.3. The summed E-state index contributed by atoms with van der Waals surface area (Å²) in [5, 5.41) is 9.89. The Kier molecular flexibility index (Phi) is 7.02. The molecule has 0 unspecified atom stereocenters. The molecule has 0 bridgehead atoms. The van der Waals surface area contributed by atoms with E-state index in [0.29, 0.717) is 17.2 Å². The number of benzene rings is 1. The smallest absolute Gasteiger partial charge is 0.357 e. The number of rotatable bonds is 8. The summed E-state index contributed by atoms with van der Waals surface area (Å²) in [5.74, 6) is 0.221. The first-order valence-corrected chi connectivity index (χ1v) is 11.4. The Hall–Kier alpha value is -2.13. The van der Waals surface area contributed by atoms with E-state index >= 15 is 0 Å². The van der Waals surface area contributed by atoms with E-state index in [4.69, 9.17) is 27.4 Å². The highest BCUT2D eigenvalue weighted by Gasteiger charge is 2.31. The van der Waals surface area contributed by atoms with Crippen molar-refractivity contribution in [2.45, 2.75) is 37.8 Å². The molecule has 0 radical (unpaired) electrons. The molecule has 0 saturated carbocycles. The lowest BCUT2D eigenvalue weighted by Crippen LogP contribution is -2.19. The summed E-state index contributed by atoms with van der Waals surface area (Å²) in [6, 6.07) is 9.59. The minimum Gasteiger partial charge on any atom is -0.396 e. The number of pyridine rings is 1. The molecule has 3 aromatic rings. The van der Waals surface area contributed by atoms with Gasteiger partial charge in [0.15, 0.2) is 5.03 Å². The number of aliphatic hydroxyl groups is 1. The summed E-state index contributed by atoms with van der Waals surface area (Å²) in [5.41, 5.74) is 0.995. The Balaban J connectivity index is 2.14. The zero-order valence-electron chi connectivity index (χ0n) is 16.4. The third-order valence-electron chi connectivity index (χ3n) is 4.23. The Morgan fingerprint density at radius 2 is 1.87 bits per heavy atom. The quantitative estimate of drug-likeness (QED) is 0.499. The first kappa shape index (κ1) is 22.6. The maximum absolute atomic E-state index is 13.3. The van der Waals surface area contributed by atoms with Crippen LogP contribution in [-0.2, 0) is 23.1 Å². The summed E-state index contributed by atoms with van der Waals surface area (Å²) in [6.07, 6.45) is 1.81. The van der Waals surface area contributed by atoms with Crippen LogP contribution in [0.4, 0.5) is 0 Å². The lowest BCUT2D eigenvalue weighted by atomic mass is 10.1. The van der Waals surface area contributed by atoms with Gasteiger partial charge in [0.05, 0.1) is 24.5 Å². The van der Waals surface area contributed by atoms with E-state index in [2.05, 4.69) is 9.97 Å². The molecule has 0 aliphatic heterocycles. The molecule has 1 N–H and O–H groups in total. The van der Waals surface area contributed by atoms with Crippen LogP contribution in [0.2, 0.25) is 10.0 Å². The molecule has 2 aromatic heterocycles. The van der Waals surface area contributed by atoms with Crippen LogP contribution < -0.4 is 4.18 Å². The van der Waals surface area contributed by atoms with Crippen LogP contribution in [0.25, 0.3) is 0 Å². The molecular formula is C20H21Cl2N3O4S. The predicted octanol–water partition coefficient (Wildman–Crippen LogP) is 4.06. The molecule has 0 atom stereocenters. The topological polar surface area (TPSA) is 94.3 Å². The Labute approximate surface area is 185 Å².